The summed E-state index contributed by atoms with van der Waals surface area (Å²) in [5.74, 6) is 0. The molecule has 2 aromatic rings. The molecular weight excluding hydrogens is 246 g/mol. The van der Waals surface area contributed by atoms with Gasteiger partial charge in [0.05, 0.1) is 12.6 Å². The number of hydrogen-bond donors (Lipinski definition) is 1. The van der Waals surface area contributed by atoms with E-state index in [0.29, 0.717) is 12.6 Å². The Labute approximate surface area is 121 Å². The third kappa shape index (κ3) is 4.10. The van der Waals surface area contributed by atoms with Crippen LogP contribution in [0.2, 0.25) is 0 Å². The highest BCUT2D eigenvalue weighted by molar-refractivity contribution is 5.47. The molecule has 0 saturated heterocycles. The number of nitrogens with one attached hydrogen (secondary N) is 1. The standard InChI is InChI=1S/C18H23NO/c1-3-8-18(16-10-5-4-6-11-16)19-17-12-7-9-15(13-17)14-20-2/h4-7,9-13,18-19H,3,8,14H2,1-2H3. The summed E-state index contributed by atoms with van der Waals surface area (Å²) in [5, 5.41) is 3.64. The molecule has 0 saturated carbocycles. The zero-order valence-electron chi connectivity index (χ0n) is 12.3. The van der Waals surface area contributed by atoms with Crippen molar-refractivity contribution in [3.8, 4) is 0 Å². The average molecular weight is 269 g/mol. The summed E-state index contributed by atoms with van der Waals surface area (Å²) < 4.78 is 5.19. The first-order chi connectivity index (χ1) is 9.83. The van der Waals surface area contributed by atoms with Crippen molar-refractivity contribution in [2.75, 3.05) is 12.4 Å². The fourth-order valence-electron chi connectivity index (χ4n) is 2.41. The lowest BCUT2D eigenvalue weighted by atomic mass is 10.0. The van der Waals surface area contributed by atoms with Crippen LogP contribution in [0.5, 0.6) is 0 Å². The van der Waals surface area contributed by atoms with Crippen molar-refractivity contribution in [2.45, 2.75) is 32.4 Å². The van der Waals surface area contributed by atoms with E-state index in [0.717, 1.165) is 18.5 Å². The molecule has 0 bridgehead atoms. The maximum Gasteiger partial charge on any atom is 0.0713 e. The van der Waals surface area contributed by atoms with Crippen LogP contribution in [0.25, 0.3) is 0 Å². The van der Waals surface area contributed by atoms with Crippen LogP contribution in [0.4, 0.5) is 5.69 Å². The Bertz CT molecular complexity index is 510. The molecule has 2 rings (SSSR count). The molecule has 2 heteroatoms. The van der Waals surface area contributed by atoms with E-state index < -0.39 is 0 Å². The van der Waals surface area contributed by atoms with Crippen molar-refractivity contribution < 1.29 is 4.74 Å². The van der Waals surface area contributed by atoms with Gasteiger partial charge in [0, 0.05) is 12.8 Å². The molecule has 0 amide bonds. The lowest BCUT2D eigenvalue weighted by Gasteiger charge is -2.20. The molecule has 0 radical (unpaired) electrons. The van der Waals surface area contributed by atoms with Crippen molar-refractivity contribution in [3.05, 3.63) is 65.7 Å². The van der Waals surface area contributed by atoms with E-state index in [-0.39, 0.29) is 0 Å². The molecule has 2 aromatic carbocycles. The van der Waals surface area contributed by atoms with Gasteiger partial charge in [-0.3, -0.25) is 0 Å². The fraction of sp³-hybridized carbons (Fsp3) is 0.333. The maximum atomic E-state index is 5.19. The summed E-state index contributed by atoms with van der Waals surface area (Å²) >= 11 is 0. The van der Waals surface area contributed by atoms with E-state index in [1.54, 1.807) is 7.11 Å². The smallest absolute Gasteiger partial charge is 0.0713 e. The second-order valence-electron chi connectivity index (χ2n) is 5.03. The Morgan fingerprint density at radius 2 is 1.85 bits per heavy atom. The highest BCUT2D eigenvalue weighted by Gasteiger charge is 2.10. The molecule has 0 aromatic heterocycles. The number of ether oxygens (including phenoxy) is 1. The Kier molecular flexibility index (Phi) is 5.63. The highest BCUT2D eigenvalue weighted by atomic mass is 16.5. The Balaban J connectivity index is 2.14. The van der Waals surface area contributed by atoms with Crippen LogP contribution in [-0.4, -0.2) is 7.11 Å². The summed E-state index contributed by atoms with van der Waals surface area (Å²) in [4.78, 5) is 0. The van der Waals surface area contributed by atoms with Crippen LogP contribution >= 0.6 is 0 Å². The predicted octanol–water partition coefficient (Wildman–Crippen LogP) is 4.79. The lowest BCUT2D eigenvalue weighted by Crippen LogP contribution is -2.10. The third-order valence-electron chi connectivity index (χ3n) is 3.36. The molecule has 0 aliphatic carbocycles. The third-order valence-corrected chi connectivity index (χ3v) is 3.36. The molecule has 0 aliphatic rings. The van der Waals surface area contributed by atoms with Crippen LogP contribution < -0.4 is 5.32 Å². The topological polar surface area (TPSA) is 21.3 Å². The van der Waals surface area contributed by atoms with Gasteiger partial charge in [-0.15, -0.1) is 0 Å². The Hall–Kier alpha value is -1.80. The SMILES string of the molecule is CCCC(Nc1cccc(COC)c1)c1ccccc1. The monoisotopic (exact) mass is 269 g/mol. The fourth-order valence-corrected chi connectivity index (χ4v) is 2.41. The van der Waals surface area contributed by atoms with Gasteiger partial charge in [0.1, 0.15) is 0 Å². The molecule has 0 aliphatic heterocycles. The van der Waals surface area contributed by atoms with Crippen LogP contribution in [0.15, 0.2) is 54.6 Å². The van der Waals surface area contributed by atoms with E-state index in [4.69, 9.17) is 4.74 Å². The first-order valence-corrected chi connectivity index (χ1v) is 7.23. The number of anilines is 1. The van der Waals surface area contributed by atoms with Crippen LogP contribution in [0, 0.1) is 0 Å². The number of rotatable bonds is 7. The minimum atomic E-state index is 0.360. The van der Waals surface area contributed by atoms with Crippen LogP contribution in [0.3, 0.4) is 0 Å². The predicted molar refractivity (Wildman–Crippen MR) is 84.9 cm³/mol. The van der Waals surface area contributed by atoms with Crippen molar-refractivity contribution >= 4 is 5.69 Å². The van der Waals surface area contributed by atoms with Gasteiger partial charge in [0.15, 0.2) is 0 Å². The first-order valence-electron chi connectivity index (χ1n) is 7.23. The molecule has 1 unspecified atom stereocenters. The van der Waals surface area contributed by atoms with E-state index in [2.05, 4.69) is 66.8 Å². The maximum absolute atomic E-state index is 5.19. The van der Waals surface area contributed by atoms with Crippen molar-refractivity contribution in [2.24, 2.45) is 0 Å². The van der Waals surface area contributed by atoms with E-state index in [9.17, 15) is 0 Å². The van der Waals surface area contributed by atoms with Gasteiger partial charge in [-0.2, -0.15) is 0 Å². The van der Waals surface area contributed by atoms with Crippen LogP contribution in [-0.2, 0) is 11.3 Å². The largest absolute Gasteiger partial charge is 0.380 e. The van der Waals surface area contributed by atoms with Gasteiger partial charge in [-0.1, -0.05) is 55.8 Å². The number of hydrogen-bond acceptors (Lipinski definition) is 2. The molecule has 20 heavy (non-hydrogen) atoms. The lowest BCUT2D eigenvalue weighted by molar-refractivity contribution is 0.185. The van der Waals surface area contributed by atoms with Gasteiger partial charge in [0.2, 0.25) is 0 Å². The minimum Gasteiger partial charge on any atom is -0.380 e. The molecule has 0 heterocycles. The zero-order chi connectivity index (χ0) is 14.2. The average Bonchev–Trinajstić information content (AvgIpc) is 2.48. The van der Waals surface area contributed by atoms with Gasteiger partial charge in [-0.05, 0) is 29.7 Å². The van der Waals surface area contributed by atoms with Crippen molar-refractivity contribution in [1.29, 1.82) is 0 Å². The molecule has 106 valence electrons. The second-order valence-corrected chi connectivity index (χ2v) is 5.03. The summed E-state index contributed by atoms with van der Waals surface area (Å²) in [6, 6.07) is 19.4. The minimum absolute atomic E-state index is 0.360. The molecule has 1 N–H and O–H groups in total. The summed E-state index contributed by atoms with van der Waals surface area (Å²) in [5.41, 5.74) is 3.69. The quantitative estimate of drug-likeness (QED) is 0.780. The first kappa shape index (κ1) is 14.6. The van der Waals surface area contributed by atoms with Crippen LogP contribution in [0.1, 0.15) is 36.9 Å². The molecule has 2 nitrogen and oxygen atoms in total. The van der Waals surface area contributed by atoms with Crippen molar-refractivity contribution in [1.82, 2.24) is 0 Å². The molecular formula is C18H23NO. The molecule has 0 fully saturated rings. The highest BCUT2D eigenvalue weighted by Crippen LogP contribution is 2.24. The van der Waals surface area contributed by atoms with Gasteiger partial charge in [0.25, 0.3) is 0 Å². The summed E-state index contributed by atoms with van der Waals surface area (Å²) in [6.07, 6.45) is 2.28. The second kappa shape index (κ2) is 7.71. The molecule has 1 atom stereocenters. The number of methoxy groups -OCH3 is 1. The normalized spacial score (nSPS) is 12.1. The van der Waals surface area contributed by atoms with E-state index in [1.807, 2.05) is 0 Å². The summed E-state index contributed by atoms with van der Waals surface area (Å²) in [6.45, 7) is 2.87. The number of benzene rings is 2. The van der Waals surface area contributed by atoms with Gasteiger partial charge < -0.3 is 10.1 Å². The van der Waals surface area contributed by atoms with Gasteiger partial charge >= 0.3 is 0 Å². The van der Waals surface area contributed by atoms with Gasteiger partial charge in [-0.25, -0.2) is 0 Å². The summed E-state index contributed by atoms with van der Waals surface area (Å²) in [7, 11) is 1.73. The van der Waals surface area contributed by atoms with E-state index in [1.165, 1.54) is 11.1 Å². The Morgan fingerprint density at radius 1 is 1.05 bits per heavy atom. The van der Waals surface area contributed by atoms with E-state index >= 15 is 0 Å². The molecule has 0 spiro atoms. The Morgan fingerprint density at radius 3 is 2.55 bits per heavy atom. The zero-order valence-corrected chi connectivity index (χ0v) is 12.3. The van der Waals surface area contributed by atoms with Crippen molar-refractivity contribution in [3.63, 3.8) is 0 Å².